The van der Waals surface area contributed by atoms with Gasteiger partial charge in [0.15, 0.2) is 0 Å². The number of rotatable bonds is 3. The minimum atomic E-state index is -1.09. The van der Waals surface area contributed by atoms with Crippen molar-refractivity contribution in [1.29, 1.82) is 0 Å². The molecule has 62 valence electrons. The van der Waals surface area contributed by atoms with E-state index >= 15 is 0 Å². The summed E-state index contributed by atoms with van der Waals surface area (Å²) in [6.45, 7) is 5.00. The number of nitrogens with zero attached hydrogens (tertiary/aromatic N) is 3. The normalized spacial score (nSPS) is 10.1. The summed E-state index contributed by atoms with van der Waals surface area (Å²) < 4.78 is 4.66. The summed E-state index contributed by atoms with van der Waals surface area (Å²) in [5.74, 6) is -0.502. The first-order chi connectivity index (χ1) is 5.04. The largest absolute Gasteiger partial charge is 0.465 e. The van der Waals surface area contributed by atoms with E-state index in [9.17, 15) is 4.79 Å². The molecule has 0 amide bonds. The standard InChI is InChI=1S/C6H11N3O2/c1-4-11-5(10)6(2,3)8-9-7/h4H2,1-3H3. The fourth-order valence-corrected chi connectivity index (χ4v) is 0.460. The molecule has 0 aliphatic heterocycles. The van der Waals surface area contributed by atoms with Crippen molar-refractivity contribution >= 4 is 5.97 Å². The predicted molar refractivity (Wildman–Crippen MR) is 39.9 cm³/mol. The van der Waals surface area contributed by atoms with E-state index in [1.165, 1.54) is 13.8 Å². The first-order valence-corrected chi connectivity index (χ1v) is 3.28. The van der Waals surface area contributed by atoms with Crippen LogP contribution in [0.25, 0.3) is 10.4 Å². The number of carbonyl (C=O) groups excluding carboxylic acids is 1. The number of esters is 1. The van der Waals surface area contributed by atoms with E-state index in [1.54, 1.807) is 6.92 Å². The summed E-state index contributed by atoms with van der Waals surface area (Å²) in [6.07, 6.45) is 0. The summed E-state index contributed by atoms with van der Waals surface area (Å²) in [5, 5.41) is 3.28. The van der Waals surface area contributed by atoms with E-state index in [0.29, 0.717) is 6.61 Å². The zero-order valence-corrected chi connectivity index (χ0v) is 6.87. The average Bonchev–Trinajstić information content (AvgIpc) is 1.88. The van der Waals surface area contributed by atoms with Gasteiger partial charge in [-0.1, -0.05) is 5.11 Å². The summed E-state index contributed by atoms with van der Waals surface area (Å²) in [6, 6.07) is 0. The molecule has 0 aromatic rings. The molecule has 0 aliphatic rings. The summed E-state index contributed by atoms with van der Waals surface area (Å²) in [5.41, 5.74) is 6.98. The highest BCUT2D eigenvalue weighted by atomic mass is 16.5. The predicted octanol–water partition coefficient (Wildman–Crippen LogP) is 1.64. The fourth-order valence-electron chi connectivity index (χ4n) is 0.460. The molecule has 0 aromatic carbocycles. The van der Waals surface area contributed by atoms with Crippen molar-refractivity contribution in [1.82, 2.24) is 0 Å². The molecule has 11 heavy (non-hydrogen) atoms. The maximum atomic E-state index is 11.0. The second-order valence-corrected chi connectivity index (χ2v) is 2.47. The summed E-state index contributed by atoms with van der Waals surface area (Å²) in [4.78, 5) is 13.5. The number of carbonyl (C=O) groups is 1. The fraction of sp³-hybridized carbons (Fsp3) is 0.833. The molecule has 0 atom stereocenters. The van der Waals surface area contributed by atoms with Crippen LogP contribution in [0.4, 0.5) is 0 Å². The van der Waals surface area contributed by atoms with Gasteiger partial charge in [0, 0.05) is 4.91 Å². The third-order valence-electron chi connectivity index (χ3n) is 1.07. The van der Waals surface area contributed by atoms with Gasteiger partial charge in [-0.05, 0) is 26.3 Å². The molecule has 0 saturated heterocycles. The van der Waals surface area contributed by atoms with E-state index < -0.39 is 11.5 Å². The van der Waals surface area contributed by atoms with Crippen molar-refractivity contribution in [2.75, 3.05) is 6.61 Å². The Morgan fingerprint density at radius 3 is 2.64 bits per heavy atom. The number of hydrogen-bond acceptors (Lipinski definition) is 3. The molecule has 0 rings (SSSR count). The van der Waals surface area contributed by atoms with Crippen LogP contribution >= 0.6 is 0 Å². The zero-order valence-electron chi connectivity index (χ0n) is 6.87. The lowest BCUT2D eigenvalue weighted by molar-refractivity contribution is -0.148. The molecule has 5 heteroatoms. The van der Waals surface area contributed by atoms with Crippen molar-refractivity contribution in [3.05, 3.63) is 10.4 Å². The second kappa shape index (κ2) is 3.83. The minimum Gasteiger partial charge on any atom is -0.465 e. The first kappa shape index (κ1) is 9.78. The first-order valence-electron chi connectivity index (χ1n) is 3.28. The highest BCUT2D eigenvalue weighted by Gasteiger charge is 2.27. The van der Waals surface area contributed by atoms with Gasteiger partial charge in [-0.25, -0.2) is 0 Å². The van der Waals surface area contributed by atoms with Gasteiger partial charge in [-0.2, -0.15) is 0 Å². The molecule has 0 spiro atoms. The zero-order chi connectivity index (χ0) is 8.91. The lowest BCUT2D eigenvalue weighted by Gasteiger charge is -2.14. The molecule has 0 fully saturated rings. The highest BCUT2D eigenvalue weighted by Crippen LogP contribution is 2.10. The Morgan fingerprint density at radius 2 is 2.27 bits per heavy atom. The maximum absolute atomic E-state index is 11.0. The SMILES string of the molecule is CCOC(=O)C(C)(C)N=[N+]=[N-]. The Balaban J connectivity index is 4.29. The van der Waals surface area contributed by atoms with Crippen LogP contribution in [0.2, 0.25) is 0 Å². The Bertz CT molecular complexity index is 194. The van der Waals surface area contributed by atoms with Crippen molar-refractivity contribution in [3.8, 4) is 0 Å². The molecular weight excluding hydrogens is 146 g/mol. The van der Waals surface area contributed by atoms with Crippen LogP contribution in [0.5, 0.6) is 0 Å². The molecule has 0 N–H and O–H groups in total. The number of hydrogen-bond donors (Lipinski definition) is 0. The minimum absolute atomic E-state index is 0.295. The molecule has 0 saturated carbocycles. The van der Waals surface area contributed by atoms with Crippen LogP contribution in [0, 0.1) is 0 Å². The van der Waals surface area contributed by atoms with E-state index in [4.69, 9.17) is 5.53 Å². The lowest BCUT2D eigenvalue weighted by atomic mass is 10.1. The Labute approximate surface area is 65.0 Å². The van der Waals surface area contributed by atoms with E-state index in [2.05, 4.69) is 14.8 Å². The molecule has 0 bridgehead atoms. The van der Waals surface area contributed by atoms with Gasteiger partial charge in [0.1, 0.15) is 5.54 Å². The lowest BCUT2D eigenvalue weighted by Crippen LogP contribution is -2.30. The van der Waals surface area contributed by atoms with Crippen LogP contribution in [0.1, 0.15) is 20.8 Å². The molecule has 0 aromatic heterocycles. The van der Waals surface area contributed by atoms with Crippen LogP contribution in [-0.4, -0.2) is 18.1 Å². The van der Waals surface area contributed by atoms with Crippen LogP contribution in [0.15, 0.2) is 5.11 Å². The summed E-state index contributed by atoms with van der Waals surface area (Å²) >= 11 is 0. The average molecular weight is 157 g/mol. The van der Waals surface area contributed by atoms with Crippen LogP contribution in [0.3, 0.4) is 0 Å². The van der Waals surface area contributed by atoms with Crippen molar-refractivity contribution in [3.63, 3.8) is 0 Å². The molecule has 0 unspecified atom stereocenters. The van der Waals surface area contributed by atoms with Gasteiger partial charge in [-0.3, -0.25) is 4.79 Å². The van der Waals surface area contributed by atoms with Gasteiger partial charge < -0.3 is 4.74 Å². The van der Waals surface area contributed by atoms with Gasteiger partial charge in [0.25, 0.3) is 0 Å². The molecule has 0 radical (unpaired) electrons. The van der Waals surface area contributed by atoms with E-state index in [0.717, 1.165) is 0 Å². The van der Waals surface area contributed by atoms with Gasteiger partial charge >= 0.3 is 5.97 Å². The molecule has 0 aliphatic carbocycles. The Hall–Kier alpha value is -1.22. The third-order valence-corrected chi connectivity index (χ3v) is 1.07. The van der Waals surface area contributed by atoms with Gasteiger partial charge in [-0.15, -0.1) is 0 Å². The Morgan fingerprint density at radius 1 is 1.73 bits per heavy atom. The van der Waals surface area contributed by atoms with Crippen molar-refractivity contribution in [2.24, 2.45) is 5.11 Å². The van der Waals surface area contributed by atoms with Gasteiger partial charge in [0.2, 0.25) is 0 Å². The smallest absolute Gasteiger partial charge is 0.317 e. The molecule has 0 heterocycles. The van der Waals surface area contributed by atoms with Crippen molar-refractivity contribution in [2.45, 2.75) is 26.3 Å². The van der Waals surface area contributed by atoms with E-state index in [1.807, 2.05) is 0 Å². The summed E-state index contributed by atoms with van der Waals surface area (Å²) in [7, 11) is 0. The molecule has 5 nitrogen and oxygen atoms in total. The molecular formula is C6H11N3O2. The monoisotopic (exact) mass is 157 g/mol. The van der Waals surface area contributed by atoms with E-state index in [-0.39, 0.29) is 0 Å². The third kappa shape index (κ3) is 2.91. The second-order valence-electron chi connectivity index (χ2n) is 2.47. The highest BCUT2D eigenvalue weighted by molar-refractivity contribution is 5.79. The van der Waals surface area contributed by atoms with Gasteiger partial charge in [0.05, 0.1) is 6.61 Å². The topological polar surface area (TPSA) is 75.1 Å². The Kier molecular flexibility index (Phi) is 3.40. The van der Waals surface area contributed by atoms with Crippen LogP contribution in [-0.2, 0) is 9.53 Å². The number of ether oxygens (including phenoxy) is 1. The number of azide groups is 1. The van der Waals surface area contributed by atoms with Crippen LogP contribution < -0.4 is 0 Å². The quantitative estimate of drug-likeness (QED) is 0.270. The van der Waals surface area contributed by atoms with Crippen molar-refractivity contribution < 1.29 is 9.53 Å². The maximum Gasteiger partial charge on any atom is 0.317 e.